The largest absolute Gasteiger partial charge is 0.454 e. The lowest BCUT2D eigenvalue weighted by Gasteiger charge is -2.05. The predicted molar refractivity (Wildman–Crippen MR) is 122 cm³/mol. The summed E-state index contributed by atoms with van der Waals surface area (Å²) in [5.41, 5.74) is 6.06. The highest BCUT2D eigenvalue weighted by molar-refractivity contribution is 7.80. The molecule has 2 heterocycles. The molecule has 0 spiro atoms. The number of hydrazone groups is 1. The van der Waals surface area contributed by atoms with Crippen LogP contribution in [-0.2, 0) is 4.74 Å². The van der Waals surface area contributed by atoms with E-state index in [0.717, 1.165) is 22.2 Å². The number of benzene rings is 2. The minimum Gasteiger partial charge on any atom is -0.454 e. The van der Waals surface area contributed by atoms with Gasteiger partial charge in [0.1, 0.15) is 11.3 Å². The first-order chi connectivity index (χ1) is 14.7. The van der Waals surface area contributed by atoms with Crippen molar-refractivity contribution in [2.24, 2.45) is 5.10 Å². The summed E-state index contributed by atoms with van der Waals surface area (Å²) in [6.45, 7) is 1.17. The SMILES string of the molecule is COCCNC(=S)N/N=C\c1cn(-c2ccccc2)nc1-c1cc2ccccc2o1. The smallest absolute Gasteiger partial charge is 0.187 e. The number of thiocarbonyl (C=S) groups is 1. The van der Waals surface area contributed by atoms with Crippen molar-refractivity contribution >= 4 is 34.5 Å². The van der Waals surface area contributed by atoms with Gasteiger partial charge in [-0.25, -0.2) is 4.68 Å². The fraction of sp³-hybridized carbons (Fsp3) is 0.136. The monoisotopic (exact) mass is 419 g/mol. The van der Waals surface area contributed by atoms with Gasteiger partial charge in [0, 0.05) is 30.8 Å². The van der Waals surface area contributed by atoms with Gasteiger partial charge in [0.15, 0.2) is 10.9 Å². The number of fused-ring (bicyclic) bond motifs is 1. The van der Waals surface area contributed by atoms with E-state index >= 15 is 0 Å². The Morgan fingerprint density at radius 2 is 2.00 bits per heavy atom. The van der Waals surface area contributed by atoms with Gasteiger partial charge in [-0.05, 0) is 36.5 Å². The molecular formula is C22H21N5O2S. The van der Waals surface area contributed by atoms with Gasteiger partial charge in [-0.1, -0.05) is 36.4 Å². The molecule has 4 aromatic rings. The zero-order chi connectivity index (χ0) is 20.8. The number of para-hydroxylation sites is 2. The van der Waals surface area contributed by atoms with Gasteiger partial charge in [0.25, 0.3) is 0 Å². The molecule has 0 aliphatic rings. The first-order valence-electron chi connectivity index (χ1n) is 9.44. The first-order valence-corrected chi connectivity index (χ1v) is 9.85. The summed E-state index contributed by atoms with van der Waals surface area (Å²) in [5.74, 6) is 0.674. The van der Waals surface area contributed by atoms with E-state index in [9.17, 15) is 0 Å². The molecule has 0 radical (unpaired) electrons. The van der Waals surface area contributed by atoms with Gasteiger partial charge in [-0.3, -0.25) is 5.43 Å². The van der Waals surface area contributed by atoms with Gasteiger partial charge >= 0.3 is 0 Å². The fourth-order valence-electron chi connectivity index (χ4n) is 2.95. The van der Waals surface area contributed by atoms with E-state index in [1.165, 1.54) is 0 Å². The van der Waals surface area contributed by atoms with Gasteiger partial charge in [0.05, 0.1) is 18.5 Å². The van der Waals surface area contributed by atoms with Crippen molar-refractivity contribution in [3.63, 3.8) is 0 Å². The number of hydrogen-bond donors (Lipinski definition) is 2. The van der Waals surface area contributed by atoms with Crippen molar-refractivity contribution in [1.82, 2.24) is 20.5 Å². The van der Waals surface area contributed by atoms with E-state index in [4.69, 9.17) is 26.5 Å². The van der Waals surface area contributed by atoms with E-state index in [1.54, 1.807) is 18.0 Å². The second-order valence-electron chi connectivity index (χ2n) is 6.48. The van der Waals surface area contributed by atoms with Crippen LogP contribution in [0.25, 0.3) is 28.1 Å². The third-order valence-electron chi connectivity index (χ3n) is 4.38. The highest BCUT2D eigenvalue weighted by Gasteiger charge is 2.15. The van der Waals surface area contributed by atoms with Crippen LogP contribution in [0.2, 0.25) is 0 Å². The number of methoxy groups -OCH3 is 1. The average molecular weight is 420 g/mol. The van der Waals surface area contributed by atoms with E-state index in [0.29, 0.717) is 29.7 Å². The van der Waals surface area contributed by atoms with E-state index < -0.39 is 0 Å². The zero-order valence-corrected chi connectivity index (χ0v) is 17.2. The molecule has 2 aromatic carbocycles. The molecule has 0 fully saturated rings. The molecule has 2 N–H and O–H groups in total. The van der Waals surface area contributed by atoms with E-state index in [1.807, 2.05) is 66.9 Å². The highest BCUT2D eigenvalue weighted by atomic mass is 32.1. The molecule has 2 aromatic heterocycles. The van der Waals surface area contributed by atoms with Crippen LogP contribution in [0.5, 0.6) is 0 Å². The van der Waals surface area contributed by atoms with E-state index in [2.05, 4.69) is 15.8 Å². The maximum absolute atomic E-state index is 6.03. The van der Waals surface area contributed by atoms with Gasteiger partial charge in [-0.2, -0.15) is 10.2 Å². The van der Waals surface area contributed by atoms with Crippen molar-refractivity contribution in [3.8, 4) is 17.1 Å². The minimum atomic E-state index is 0.420. The third kappa shape index (κ3) is 4.56. The molecule has 0 aliphatic heterocycles. The second-order valence-corrected chi connectivity index (χ2v) is 6.89. The lowest BCUT2D eigenvalue weighted by atomic mass is 10.2. The molecule has 8 heteroatoms. The summed E-state index contributed by atoms with van der Waals surface area (Å²) < 4.78 is 12.8. The Bertz CT molecular complexity index is 1130. The molecule has 0 saturated carbocycles. The summed E-state index contributed by atoms with van der Waals surface area (Å²) in [7, 11) is 1.64. The van der Waals surface area contributed by atoms with Crippen LogP contribution in [0.4, 0.5) is 0 Å². The molecule has 0 atom stereocenters. The van der Waals surface area contributed by atoms with Crippen LogP contribution < -0.4 is 10.7 Å². The average Bonchev–Trinajstić information content (AvgIpc) is 3.39. The maximum Gasteiger partial charge on any atom is 0.187 e. The molecule has 7 nitrogen and oxygen atoms in total. The highest BCUT2D eigenvalue weighted by Crippen LogP contribution is 2.29. The summed E-state index contributed by atoms with van der Waals surface area (Å²) in [4.78, 5) is 0. The quantitative estimate of drug-likeness (QED) is 0.206. The van der Waals surface area contributed by atoms with Crippen LogP contribution in [0, 0.1) is 0 Å². The summed E-state index contributed by atoms with van der Waals surface area (Å²) in [5, 5.41) is 13.4. The van der Waals surface area contributed by atoms with Crippen molar-refractivity contribution in [1.29, 1.82) is 0 Å². The summed E-state index contributed by atoms with van der Waals surface area (Å²) in [6, 6.07) is 19.7. The Hall–Kier alpha value is -3.49. The Morgan fingerprint density at radius 3 is 2.80 bits per heavy atom. The van der Waals surface area contributed by atoms with Crippen LogP contribution in [0.3, 0.4) is 0 Å². The molecule has 0 amide bonds. The number of aromatic nitrogens is 2. The predicted octanol–water partition coefficient (Wildman–Crippen LogP) is 3.73. The lowest BCUT2D eigenvalue weighted by Crippen LogP contribution is -2.34. The Kier molecular flexibility index (Phi) is 6.17. The van der Waals surface area contributed by atoms with Gasteiger partial charge in [0.2, 0.25) is 0 Å². The zero-order valence-electron chi connectivity index (χ0n) is 16.4. The number of ether oxygens (including phenoxy) is 1. The van der Waals surface area contributed by atoms with Gasteiger partial charge < -0.3 is 14.5 Å². The molecule has 152 valence electrons. The van der Waals surface area contributed by atoms with E-state index in [-0.39, 0.29) is 0 Å². The van der Waals surface area contributed by atoms with Crippen LogP contribution in [0.15, 0.2) is 76.4 Å². The van der Waals surface area contributed by atoms with Crippen LogP contribution in [0.1, 0.15) is 5.56 Å². The molecule has 4 rings (SSSR count). The van der Waals surface area contributed by atoms with Gasteiger partial charge in [-0.15, -0.1) is 0 Å². The summed E-state index contributed by atoms with van der Waals surface area (Å²) >= 11 is 5.20. The Balaban J connectivity index is 1.63. The molecule has 0 bridgehead atoms. The standard InChI is InChI=1S/C22H21N5O2S/c1-28-12-11-23-22(30)25-24-14-17-15-27(18-8-3-2-4-9-18)26-21(17)20-13-16-7-5-6-10-19(16)29-20/h2-10,13-15H,11-12H2,1H3,(H2,23,25,30)/b24-14-. The molecule has 0 aliphatic carbocycles. The number of hydrogen-bond acceptors (Lipinski definition) is 5. The number of rotatable bonds is 7. The van der Waals surface area contributed by atoms with Crippen molar-refractivity contribution in [2.75, 3.05) is 20.3 Å². The maximum atomic E-state index is 6.03. The first kappa shape index (κ1) is 19.8. The number of nitrogens with zero attached hydrogens (tertiary/aromatic N) is 3. The van der Waals surface area contributed by atoms with Crippen molar-refractivity contribution in [3.05, 3.63) is 72.4 Å². The molecular weight excluding hydrogens is 398 g/mol. The van der Waals surface area contributed by atoms with Crippen molar-refractivity contribution < 1.29 is 9.15 Å². The molecule has 0 saturated heterocycles. The van der Waals surface area contributed by atoms with Crippen LogP contribution in [-0.4, -0.2) is 41.4 Å². The number of nitrogens with one attached hydrogen (secondary N) is 2. The second kappa shape index (κ2) is 9.34. The van der Waals surface area contributed by atoms with Crippen LogP contribution >= 0.6 is 12.2 Å². The Labute approximate surface area is 179 Å². The summed E-state index contributed by atoms with van der Waals surface area (Å²) in [6.07, 6.45) is 3.59. The fourth-order valence-corrected chi connectivity index (χ4v) is 3.11. The third-order valence-corrected chi connectivity index (χ3v) is 4.62. The topological polar surface area (TPSA) is 76.6 Å². The molecule has 0 unspecified atom stereocenters. The minimum absolute atomic E-state index is 0.420. The van der Waals surface area contributed by atoms with Crippen molar-refractivity contribution in [2.45, 2.75) is 0 Å². The number of furan rings is 1. The Morgan fingerprint density at radius 1 is 1.20 bits per heavy atom. The lowest BCUT2D eigenvalue weighted by molar-refractivity contribution is 0.204. The molecule has 30 heavy (non-hydrogen) atoms. The normalized spacial score (nSPS) is 11.2.